The second-order valence-corrected chi connectivity index (χ2v) is 6.21. The Morgan fingerprint density at radius 1 is 0.846 bits per heavy atom. The van der Waals surface area contributed by atoms with Gasteiger partial charge in [0.2, 0.25) is 0 Å². The first-order chi connectivity index (χ1) is 12.7. The topological polar surface area (TPSA) is 92.9 Å². The van der Waals surface area contributed by atoms with Crippen LogP contribution < -0.4 is 21.3 Å². The van der Waals surface area contributed by atoms with Gasteiger partial charge in [-0.15, -0.1) is 0 Å². The van der Waals surface area contributed by atoms with Crippen LogP contribution in [0.2, 0.25) is 0 Å². The Balaban J connectivity index is 1.44. The Kier molecular flexibility index (Phi) is 6.83. The molecule has 140 valence electrons. The molecule has 2 atom stereocenters. The van der Waals surface area contributed by atoms with Crippen molar-refractivity contribution in [3.8, 4) is 0 Å². The molecule has 0 aliphatic carbocycles. The third-order valence-corrected chi connectivity index (χ3v) is 4.03. The number of hydrogen-bond donors (Lipinski definition) is 4. The van der Waals surface area contributed by atoms with E-state index in [1.54, 1.807) is 12.5 Å². The number of thiocarbonyl (C=S) groups is 2. The van der Waals surface area contributed by atoms with E-state index >= 15 is 0 Å². The summed E-state index contributed by atoms with van der Waals surface area (Å²) in [5.74, 6) is 1.57. The van der Waals surface area contributed by atoms with Gasteiger partial charge in [0.15, 0.2) is 22.7 Å². The van der Waals surface area contributed by atoms with Crippen LogP contribution in [0.1, 0.15) is 11.5 Å². The highest BCUT2D eigenvalue weighted by Gasteiger charge is 2.28. The SMILES string of the molecule is S=C(NCc1ccco1)N[C@@H]1OCCO[C@H]1NC(=S)NCc1ccco1. The summed E-state index contributed by atoms with van der Waals surface area (Å²) in [5.41, 5.74) is 0. The van der Waals surface area contributed by atoms with Crippen molar-refractivity contribution in [2.24, 2.45) is 0 Å². The lowest BCUT2D eigenvalue weighted by atomic mass is 10.4. The standard InChI is InChI=1S/C16H20N4O4S2/c25-15(17-9-11-3-1-5-21-11)19-13-14(24-8-7-23-13)20-16(26)18-10-12-4-2-6-22-12/h1-6,13-14H,7-10H2,(H2,17,19,25)(H2,18,20,26)/t13-,14-/m1/s1. The van der Waals surface area contributed by atoms with Crippen molar-refractivity contribution in [3.63, 3.8) is 0 Å². The third-order valence-electron chi connectivity index (χ3n) is 3.51. The first-order valence-corrected chi connectivity index (χ1v) is 8.89. The summed E-state index contributed by atoms with van der Waals surface area (Å²) in [4.78, 5) is 0. The maximum absolute atomic E-state index is 5.69. The fourth-order valence-corrected chi connectivity index (χ4v) is 2.66. The number of nitrogens with one attached hydrogen (secondary N) is 4. The lowest BCUT2D eigenvalue weighted by molar-refractivity contribution is -0.150. The van der Waals surface area contributed by atoms with Crippen LogP contribution in [0.3, 0.4) is 0 Å². The highest BCUT2D eigenvalue weighted by Crippen LogP contribution is 2.06. The first kappa shape index (κ1) is 18.6. The zero-order valence-corrected chi connectivity index (χ0v) is 15.5. The monoisotopic (exact) mass is 396 g/mol. The second kappa shape index (κ2) is 9.53. The smallest absolute Gasteiger partial charge is 0.174 e. The maximum Gasteiger partial charge on any atom is 0.174 e. The maximum atomic E-state index is 5.69. The zero-order valence-electron chi connectivity index (χ0n) is 13.9. The molecular weight excluding hydrogens is 376 g/mol. The molecule has 10 heteroatoms. The van der Waals surface area contributed by atoms with Crippen LogP contribution in [0.5, 0.6) is 0 Å². The average Bonchev–Trinajstić information content (AvgIpc) is 3.34. The highest BCUT2D eigenvalue weighted by atomic mass is 32.1. The molecule has 26 heavy (non-hydrogen) atoms. The van der Waals surface area contributed by atoms with E-state index in [0.717, 1.165) is 11.5 Å². The van der Waals surface area contributed by atoms with E-state index < -0.39 is 12.5 Å². The van der Waals surface area contributed by atoms with Crippen molar-refractivity contribution >= 4 is 34.7 Å². The fraction of sp³-hybridized carbons (Fsp3) is 0.375. The first-order valence-electron chi connectivity index (χ1n) is 8.07. The minimum atomic E-state index is -0.483. The van der Waals surface area contributed by atoms with Crippen LogP contribution in [0, 0.1) is 0 Å². The van der Waals surface area contributed by atoms with Crippen LogP contribution in [0.4, 0.5) is 0 Å². The Morgan fingerprint density at radius 3 is 1.69 bits per heavy atom. The van der Waals surface area contributed by atoms with E-state index in [9.17, 15) is 0 Å². The van der Waals surface area contributed by atoms with Gasteiger partial charge in [-0.3, -0.25) is 0 Å². The molecular formula is C16H20N4O4S2. The van der Waals surface area contributed by atoms with Gasteiger partial charge < -0.3 is 39.6 Å². The predicted molar refractivity (Wildman–Crippen MR) is 102 cm³/mol. The summed E-state index contributed by atoms with van der Waals surface area (Å²) < 4.78 is 21.9. The molecule has 0 amide bonds. The molecule has 1 aliphatic rings. The zero-order chi connectivity index (χ0) is 18.2. The summed E-state index contributed by atoms with van der Waals surface area (Å²) in [7, 11) is 0. The van der Waals surface area contributed by atoms with Gasteiger partial charge in [0.05, 0.1) is 38.8 Å². The van der Waals surface area contributed by atoms with Crippen LogP contribution in [0.25, 0.3) is 0 Å². The summed E-state index contributed by atoms with van der Waals surface area (Å²) in [6.45, 7) is 1.88. The molecule has 0 bridgehead atoms. The van der Waals surface area contributed by atoms with E-state index in [4.69, 9.17) is 42.7 Å². The van der Waals surface area contributed by atoms with Crippen molar-refractivity contribution in [1.29, 1.82) is 0 Å². The van der Waals surface area contributed by atoms with Crippen molar-refractivity contribution in [2.45, 2.75) is 25.5 Å². The molecule has 3 heterocycles. The molecule has 2 aromatic heterocycles. The summed E-state index contributed by atoms with van der Waals surface area (Å²) >= 11 is 10.6. The average molecular weight is 396 g/mol. The van der Waals surface area contributed by atoms with Crippen molar-refractivity contribution < 1.29 is 18.3 Å². The molecule has 0 unspecified atom stereocenters. The van der Waals surface area contributed by atoms with Gasteiger partial charge >= 0.3 is 0 Å². The van der Waals surface area contributed by atoms with Gasteiger partial charge in [-0.05, 0) is 48.7 Å². The molecule has 1 saturated heterocycles. The van der Waals surface area contributed by atoms with E-state index in [2.05, 4.69) is 21.3 Å². The summed E-state index contributed by atoms with van der Waals surface area (Å²) in [5, 5.41) is 13.1. The summed E-state index contributed by atoms with van der Waals surface area (Å²) in [6.07, 6.45) is 2.26. The lowest BCUT2D eigenvalue weighted by Gasteiger charge is -2.34. The van der Waals surface area contributed by atoms with Crippen LogP contribution in [-0.4, -0.2) is 35.9 Å². The van der Waals surface area contributed by atoms with Gasteiger partial charge in [-0.1, -0.05) is 0 Å². The Hall–Kier alpha value is -2.14. The molecule has 0 aromatic carbocycles. The molecule has 3 rings (SSSR count). The number of rotatable bonds is 6. The molecule has 8 nitrogen and oxygen atoms in total. The Morgan fingerprint density at radius 2 is 1.31 bits per heavy atom. The highest BCUT2D eigenvalue weighted by molar-refractivity contribution is 7.80. The molecule has 1 aliphatic heterocycles. The molecule has 0 spiro atoms. The normalized spacial score (nSPS) is 19.5. The summed E-state index contributed by atoms with van der Waals surface area (Å²) in [6, 6.07) is 7.37. The minimum absolute atomic E-state index is 0.429. The molecule has 2 aromatic rings. The quantitative estimate of drug-likeness (QED) is 0.534. The van der Waals surface area contributed by atoms with E-state index in [-0.39, 0.29) is 0 Å². The third kappa shape index (κ3) is 5.70. The van der Waals surface area contributed by atoms with E-state index in [0.29, 0.717) is 36.5 Å². The van der Waals surface area contributed by atoms with Gasteiger partial charge in [-0.2, -0.15) is 0 Å². The molecule has 4 N–H and O–H groups in total. The van der Waals surface area contributed by atoms with Gasteiger partial charge in [-0.25, -0.2) is 0 Å². The van der Waals surface area contributed by atoms with Crippen molar-refractivity contribution in [3.05, 3.63) is 48.3 Å². The number of hydrogen-bond acceptors (Lipinski definition) is 6. The fourth-order valence-electron chi connectivity index (χ4n) is 2.28. The van der Waals surface area contributed by atoms with E-state index in [1.807, 2.05) is 24.3 Å². The van der Waals surface area contributed by atoms with Crippen LogP contribution in [0.15, 0.2) is 45.6 Å². The van der Waals surface area contributed by atoms with Crippen molar-refractivity contribution in [1.82, 2.24) is 21.3 Å². The Bertz CT molecular complexity index is 633. The van der Waals surface area contributed by atoms with Crippen LogP contribution >= 0.6 is 24.4 Å². The number of ether oxygens (including phenoxy) is 2. The predicted octanol–water partition coefficient (Wildman–Crippen LogP) is 1.20. The van der Waals surface area contributed by atoms with Crippen molar-refractivity contribution in [2.75, 3.05) is 13.2 Å². The largest absolute Gasteiger partial charge is 0.467 e. The minimum Gasteiger partial charge on any atom is -0.467 e. The molecule has 1 fully saturated rings. The van der Waals surface area contributed by atoms with Crippen LogP contribution in [-0.2, 0) is 22.6 Å². The lowest BCUT2D eigenvalue weighted by Crippen LogP contribution is -2.59. The van der Waals surface area contributed by atoms with E-state index in [1.165, 1.54) is 0 Å². The van der Waals surface area contributed by atoms with Gasteiger partial charge in [0.25, 0.3) is 0 Å². The molecule has 0 saturated carbocycles. The molecule has 0 radical (unpaired) electrons. The van der Waals surface area contributed by atoms with Gasteiger partial charge in [0, 0.05) is 0 Å². The number of furan rings is 2. The van der Waals surface area contributed by atoms with Gasteiger partial charge in [0.1, 0.15) is 11.5 Å². The second-order valence-electron chi connectivity index (χ2n) is 5.40. The Labute approximate surface area is 161 Å².